The molecule has 0 amide bonds. The fourth-order valence-corrected chi connectivity index (χ4v) is 1.15. The Morgan fingerprint density at radius 3 is 2.67 bits per heavy atom. The summed E-state index contributed by atoms with van der Waals surface area (Å²) in [6.45, 7) is 1.88. The molecule has 0 unspecified atom stereocenters. The lowest BCUT2D eigenvalue weighted by Gasteiger charge is -2.04. The molecule has 3 heteroatoms. The van der Waals surface area contributed by atoms with Crippen LogP contribution in [0.3, 0.4) is 0 Å². The summed E-state index contributed by atoms with van der Waals surface area (Å²) in [4.78, 5) is 13.4. The summed E-state index contributed by atoms with van der Waals surface area (Å²) >= 11 is 0. The standard InChI is InChI=1S/C12H15NO2/c1-9-4-5-11(14)10(8-9)12(15)6-7-13(2)3/h4-8,14H,1-3H3. The minimum atomic E-state index is -0.190. The second kappa shape index (κ2) is 4.64. The smallest absolute Gasteiger partial charge is 0.191 e. The third-order valence-corrected chi connectivity index (χ3v) is 1.94. The lowest BCUT2D eigenvalue weighted by Crippen LogP contribution is -2.03. The Morgan fingerprint density at radius 2 is 2.07 bits per heavy atom. The van der Waals surface area contributed by atoms with Crippen LogP contribution in [0.25, 0.3) is 0 Å². The van der Waals surface area contributed by atoms with Crippen LogP contribution in [0.15, 0.2) is 30.5 Å². The van der Waals surface area contributed by atoms with Gasteiger partial charge in [0.2, 0.25) is 0 Å². The van der Waals surface area contributed by atoms with Crippen molar-refractivity contribution in [3.63, 3.8) is 0 Å². The van der Waals surface area contributed by atoms with E-state index in [2.05, 4.69) is 0 Å². The van der Waals surface area contributed by atoms with E-state index in [1.807, 2.05) is 21.0 Å². The Bertz CT molecular complexity index is 395. The average Bonchev–Trinajstić information content (AvgIpc) is 2.18. The normalized spacial score (nSPS) is 10.6. The van der Waals surface area contributed by atoms with E-state index in [-0.39, 0.29) is 11.5 Å². The summed E-state index contributed by atoms with van der Waals surface area (Å²) in [5.74, 6) is -0.168. The molecule has 1 N–H and O–H groups in total. The summed E-state index contributed by atoms with van der Waals surface area (Å²) in [5.41, 5.74) is 1.29. The van der Waals surface area contributed by atoms with E-state index in [1.165, 1.54) is 12.1 Å². The predicted molar refractivity (Wildman–Crippen MR) is 60.0 cm³/mol. The molecule has 1 rings (SSSR count). The zero-order valence-electron chi connectivity index (χ0n) is 9.19. The van der Waals surface area contributed by atoms with Crippen molar-refractivity contribution in [1.82, 2.24) is 4.90 Å². The highest BCUT2D eigenvalue weighted by atomic mass is 16.3. The van der Waals surface area contributed by atoms with Crippen molar-refractivity contribution in [2.75, 3.05) is 14.1 Å². The first-order valence-corrected chi connectivity index (χ1v) is 4.69. The Kier molecular flexibility index (Phi) is 3.50. The zero-order chi connectivity index (χ0) is 11.4. The molecule has 0 spiro atoms. The van der Waals surface area contributed by atoms with E-state index in [1.54, 1.807) is 23.2 Å². The van der Waals surface area contributed by atoms with Gasteiger partial charge in [-0.15, -0.1) is 0 Å². The molecule has 0 atom stereocenters. The minimum Gasteiger partial charge on any atom is -0.507 e. The molecule has 0 aromatic heterocycles. The van der Waals surface area contributed by atoms with Gasteiger partial charge in [-0.2, -0.15) is 0 Å². The minimum absolute atomic E-state index is 0.0222. The van der Waals surface area contributed by atoms with Gasteiger partial charge in [-0.1, -0.05) is 11.6 Å². The van der Waals surface area contributed by atoms with Crippen molar-refractivity contribution < 1.29 is 9.90 Å². The van der Waals surface area contributed by atoms with Crippen molar-refractivity contribution >= 4 is 5.78 Å². The number of rotatable bonds is 3. The molecule has 0 saturated heterocycles. The number of hydrogen-bond acceptors (Lipinski definition) is 3. The van der Waals surface area contributed by atoms with E-state index in [4.69, 9.17) is 0 Å². The number of hydrogen-bond donors (Lipinski definition) is 1. The van der Waals surface area contributed by atoms with E-state index >= 15 is 0 Å². The lowest BCUT2D eigenvalue weighted by atomic mass is 10.1. The highest BCUT2D eigenvalue weighted by Gasteiger charge is 2.07. The van der Waals surface area contributed by atoms with Crippen LogP contribution in [-0.2, 0) is 0 Å². The second-order valence-electron chi connectivity index (χ2n) is 3.66. The van der Waals surface area contributed by atoms with Gasteiger partial charge in [0, 0.05) is 26.4 Å². The van der Waals surface area contributed by atoms with Crippen molar-refractivity contribution in [3.8, 4) is 5.75 Å². The number of aromatic hydroxyl groups is 1. The highest BCUT2D eigenvalue weighted by molar-refractivity contribution is 6.06. The monoisotopic (exact) mass is 205 g/mol. The quantitative estimate of drug-likeness (QED) is 0.605. The van der Waals surface area contributed by atoms with Crippen LogP contribution in [0.2, 0.25) is 0 Å². The second-order valence-corrected chi connectivity index (χ2v) is 3.66. The first-order chi connectivity index (χ1) is 7.00. The zero-order valence-corrected chi connectivity index (χ0v) is 9.19. The molecule has 0 heterocycles. The molecule has 80 valence electrons. The highest BCUT2D eigenvalue weighted by Crippen LogP contribution is 2.18. The average molecular weight is 205 g/mol. The van der Waals surface area contributed by atoms with Crippen LogP contribution >= 0.6 is 0 Å². The summed E-state index contributed by atoms with van der Waals surface area (Å²) in [6, 6.07) is 4.98. The Hall–Kier alpha value is -1.77. The van der Waals surface area contributed by atoms with Gasteiger partial charge >= 0.3 is 0 Å². The molecule has 0 aliphatic carbocycles. The van der Waals surface area contributed by atoms with Crippen LogP contribution in [0.1, 0.15) is 15.9 Å². The van der Waals surface area contributed by atoms with E-state index in [0.29, 0.717) is 5.56 Å². The molecule has 0 aliphatic heterocycles. The Labute approximate surface area is 89.6 Å². The van der Waals surface area contributed by atoms with Gasteiger partial charge in [0.1, 0.15) is 5.75 Å². The first-order valence-electron chi connectivity index (χ1n) is 4.69. The SMILES string of the molecule is Cc1ccc(O)c(C(=O)C=CN(C)C)c1. The van der Waals surface area contributed by atoms with Crippen LogP contribution in [-0.4, -0.2) is 29.9 Å². The lowest BCUT2D eigenvalue weighted by molar-refractivity contribution is 0.104. The number of carbonyl (C=O) groups is 1. The van der Waals surface area contributed by atoms with Crippen molar-refractivity contribution in [2.24, 2.45) is 0 Å². The topological polar surface area (TPSA) is 40.5 Å². The molecule has 15 heavy (non-hydrogen) atoms. The third-order valence-electron chi connectivity index (χ3n) is 1.94. The third kappa shape index (κ3) is 3.13. The number of allylic oxidation sites excluding steroid dienone is 1. The van der Waals surface area contributed by atoms with Gasteiger partial charge in [-0.25, -0.2) is 0 Å². The molecule has 0 saturated carbocycles. The first kappa shape index (κ1) is 11.3. The molecule has 0 bridgehead atoms. The van der Waals surface area contributed by atoms with Crippen molar-refractivity contribution in [1.29, 1.82) is 0 Å². The number of ketones is 1. The molecule has 0 aliphatic rings. The van der Waals surface area contributed by atoms with Crippen molar-refractivity contribution in [3.05, 3.63) is 41.6 Å². The van der Waals surface area contributed by atoms with Crippen LogP contribution in [0.4, 0.5) is 0 Å². The maximum absolute atomic E-state index is 11.6. The fourth-order valence-electron chi connectivity index (χ4n) is 1.15. The van der Waals surface area contributed by atoms with E-state index in [9.17, 15) is 9.90 Å². The number of aryl methyl sites for hydroxylation is 1. The number of carbonyl (C=O) groups excluding carboxylic acids is 1. The maximum atomic E-state index is 11.6. The predicted octanol–water partition coefficient (Wildman–Crippen LogP) is 1.96. The van der Waals surface area contributed by atoms with Gasteiger partial charge in [-0.3, -0.25) is 4.79 Å². The summed E-state index contributed by atoms with van der Waals surface area (Å²) < 4.78 is 0. The van der Waals surface area contributed by atoms with E-state index in [0.717, 1.165) is 5.56 Å². The van der Waals surface area contributed by atoms with E-state index < -0.39 is 0 Å². The Morgan fingerprint density at radius 1 is 1.40 bits per heavy atom. The number of phenolic OH excluding ortho intramolecular Hbond substituents is 1. The molecule has 1 aromatic carbocycles. The molecule has 3 nitrogen and oxygen atoms in total. The molecular formula is C12H15NO2. The largest absolute Gasteiger partial charge is 0.507 e. The van der Waals surface area contributed by atoms with Gasteiger partial charge in [0.15, 0.2) is 5.78 Å². The van der Waals surface area contributed by atoms with Gasteiger partial charge < -0.3 is 10.0 Å². The molecule has 0 fully saturated rings. The summed E-state index contributed by atoms with van der Waals surface area (Å²) in [5, 5.41) is 9.50. The number of nitrogens with zero attached hydrogens (tertiary/aromatic N) is 1. The number of benzene rings is 1. The van der Waals surface area contributed by atoms with Crippen LogP contribution in [0, 0.1) is 6.92 Å². The summed E-state index contributed by atoms with van der Waals surface area (Å²) in [6.07, 6.45) is 3.10. The molecular weight excluding hydrogens is 190 g/mol. The maximum Gasteiger partial charge on any atom is 0.191 e. The fraction of sp³-hybridized carbons (Fsp3) is 0.250. The Balaban J connectivity index is 2.96. The van der Waals surface area contributed by atoms with Gasteiger partial charge in [0.05, 0.1) is 5.56 Å². The van der Waals surface area contributed by atoms with Crippen LogP contribution in [0.5, 0.6) is 5.75 Å². The van der Waals surface area contributed by atoms with Gasteiger partial charge in [-0.05, 0) is 19.1 Å². The molecule has 0 radical (unpaired) electrons. The van der Waals surface area contributed by atoms with Gasteiger partial charge in [0.25, 0.3) is 0 Å². The van der Waals surface area contributed by atoms with Crippen molar-refractivity contribution in [2.45, 2.75) is 6.92 Å². The number of phenols is 1. The molecule has 1 aromatic rings. The summed E-state index contributed by atoms with van der Waals surface area (Å²) in [7, 11) is 3.67. The van der Waals surface area contributed by atoms with Crippen LogP contribution < -0.4 is 0 Å².